The highest BCUT2D eigenvalue weighted by Crippen LogP contribution is 2.21. The van der Waals surface area contributed by atoms with E-state index in [0.29, 0.717) is 5.02 Å². The second-order valence-electron chi connectivity index (χ2n) is 3.53. The molecule has 0 saturated heterocycles. The van der Waals surface area contributed by atoms with Crippen LogP contribution < -0.4 is 5.73 Å². The summed E-state index contributed by atoms with van der Waals surface area (Å²) in [4.78, 5) is 4.23. The van der Waals surface area contributed by atoms with E-state index in [1.807, 2.05) is 30.5 Å². The van der Waals surface area contributed by atoms with Crippen molar-refractivity contribution in [3.8, 4) is 0 Å². The lowest BCUT2D eigenvalue weighted by molar-refractivity contribution is 0.768. The number of fused-ring (bicyclic) bond motifs is 1. The van der Waals surface area contributed by atoms with E-state index in [1.54, 1.807) is 6.20 Å². The van der Waals surface area contributed by atoms with Gasteiger partial charge in [-0.05, 0) is 25.5 Å². The lowest BCUT2D eigenvalue weighted by Crippen LogP contribution is -2.08. The van der Waals surface area contributed by atoms with E-state index in [-0.39, 0.29) is 6.04 Å². The van der Waals surface area contributed by atoms with Crippen LogP contribution in [-0.2, 0) is 0 Å². The van der Waals surface area contributed by atoms with E-state index >= 15 is 0 Å². The smallest absolute Gasteiger partial charge is 0.155 e. The molecule has 0 bridgehead atoms. The van der Waals surface area contributed by atoms with Crippen molar-refractivity contribution in [3.05, 3.63) is 34.7 Å². The zero-order chi connectivity index (χ0) is 10.3. The number of halogens is 1. The van der Waals surface area contributed by atoms with Gasteiger partial charge in [0.2, 0.25) is 0 Å². The number of pyridine rings is 1. The molecule has 1 unspecified atom stereocenters. The van der Waals surface area contributed by atoms with Crippen LogP contribution in [0.2, 0.25) is 5.02 Å². The molecule has 2 aromatic rings. The maximum atomic E-state index is 6.06. The summed E-state index contributed by atoms with van der Waals surface area (Å²) in [6.07, 6.45) is 3.76. The number of hydrogen-bond acceptors (Lipinski definition) is 2. The van der Waals surface area contributed by atoms with Gasteiger partial charge in [-0.15, -0.1) is 0 Å². The van der Waals surface area contributed by atoms with Gasteiger partial charge in [0, 0.05) is 12.2 Å². The van der Waals surface area contributed by atoms with E-state index < -0.39 is 0 Å². The number of nitrogens with two attached hydrogens (primary N) is 1. The summed E-state index contributed by atoms with van der Waals surface area (Å²) in [5.74, 6) is 0. The van der Waals surface area contributed by atoms with Crippen molar-refractivity contribution in [2.75, 3.05) is 0 Å². The Morgan fingerprint density at radius 2 is 2.29 bits per heavy atom. The van der Waals surface area contributed by atoms with Crippen molar-refractivity contribution in [1.29, 1.82) is 0 Å². The van der Waals surface area contributed by atoms with Crippen LogP contribution in [0.4, 0.5) is 0 Å². The molecule has 0 aliphatic rings. The third-order valence-corrected chi connectivity index (χ3v) is 2.47. The fourth-order valence-corrected chi connectivity index (χ4v) is 1.84. The van der Waals surface area contributed by atoms with E-state index in [2.05, 4.69) is 4.98 Å². The van der Waals surface area contributed by atoms with Crippen LogP contribution >= 0.6 is 11.6 Å². The predicted molar refractivity (Wildman–Crippen MR) is 57.5 cm³/mol. The van der Waals surface area contributed by atoms with Gasteiger partial charge >= 0.3 is 0 Å². The summed E-state index contributed by atoms with van der Waals surface area (Å²) in [5, 5.41) is 0.664. The monoisotopic (exact) mass is 209 g/mol. The third kappa shape index (κ3) is 1.38. The number of aromatic nitrogens is 2. The molecule has 0 amide bonds. The van der Waals surface area contributed by atoms with Gasteiger partial charge in [0.25, 0.3) is 0 Å². The zero-order valence-corrected chi connectivity index (χ0v) is 8.92. The fourth-order valence-electron chi connectivity index (χ4n) is 1.53. The van der Waals surface area contributed by atoms with Crippen molar-refractivity contribution in [3.63, 3.8) is 0 Å². The fraction of sp³-hybridized carbons (Fsp3) is 0.300. The summed E-state index contributed by atoms with van der Waals surface area (Å²) in [6.45, 7) is 3.93. The van der Waals surface area contributed by atoms with Crippen molar-refractivity contribution in [2.45, 2.75) is 19.9 Å². The molecular weight excluding hydrogens is 198 g/mol. The first kappa shape index (κ1) is 9.49. The second kappa shape index (κ2) is 3.26. The summed E-state index contributed by atoms with van der Waals surface area (Å²) < 4.78 is 1.95. The minimum absolute atomic E-state index is 0.0390. The molecular formula is C10H12ClN3. The zero-order valence-electron chi connectivity index (χ0n) is 8.16. The van der Waals surface area contributed by atoms with Crippen LogP contribution in [-0.4, -0.2) is 9.38 Å². The lowest BCUT2D eigenvalue weighted by Gasteiger charge is -2.06. The second-order valence-corrected chi connectivity index (χ2v) is 3.94. The molecule has 0 saturated carbocycles. The van der Waals surface area contributed by atoms with Gasteiger partial charge in [0.15, 0.2) is 5.65 Å². The van der Waals surface area contributed by atoms with E-state index in [1.165, 1.54) is 0 Å². The standard InChI is InChI=1S/C10H12ClN3/c1-6-3-8(11)10-13-4-9(7(2)12)14(10)5-6/h3-5,7H,12H2,1-2H3. The minimum atomic E-state index is -0.0390. The number of rotatable bonds is 1. The van der Waals surface area contributed by atoms with Crippen molar-refractivity contribution >= 4 is 17.2 Å². The first-order valence-electron chi connectivity index (χ1n) is 4.48. The largest absolute Gasteiger partial charge is 0.323 e. The topological polar surface area (TPSA) is 43.3 Å². The van der Waals surface area contributed by atoms with E-state index in [4.69, 9.17) is 17.3 Å². The Morgan fingerprint density at radius 1 is 1.57 bits per heavy atom. The normalized spacial score (nSPS) is 13.4. The average molecular weight is 210 g/mol. The molecule has 74 valence electrons. The molecule has 0 aliphatic heterocycles. The molecule has 4 heteroatoms. The molecule has 0 aromatic carbocycles. The van der Waals surface area contributed by atoms with Gasteiger partial charge < -0.3 is 10.1 Å². The molecule has 2 rings (SSSR count). The van der Waals surface area contributed by atoms with Crippen molar-refractivity contribution < 1.29 is 0 Å². The SMILES string of the molecule is Cc1cc(Cl)c2ncc(C(C)N)n2c1. The van der Waals surface area contributed by atoms with Crippen LogP contribution in [0, 0.1) is 6.92 Å². The average Bonchev–Trinajstić information content (AvgIpc) is 2.47. The summed E-state index contributed by atoms with van der Waals surface area (Å²) in [5.41, 5.74) is 8.67. The van der Waals surface area contributed by atoms with Gasteiger partial charge in [0.05, 0.1) is 16.9 Å². The Morgan fingerprint density at radius 3 is 2.93 bits per heavy atom. The maximum absolute atomic E-state index is 6.06. The summed E-state index contributed by atoms with van der Waals surface area (Å²) >= 11 is 6.06. The predicted octanol–water partition coefficient (Wildman–Crippen LogP) is 2.32. The highest BCUT2D eigenvalue weighted by Gasteiger charge is 2.09. The number of hydrogen-bond donors (Lipinski definition) is 1. The third-order valence-electron chi connectivity index (χ3n) is 2.19. The van der Waals surface area contributed by atoms with Crippen molar-refractivity contribution in [2.24, 2.45) is 5.73 Å². The number of imidazole rings is 1. The van der Waals surface area contributed by atoms with Crippen LogP contribution in [0.1, 0.15) is 24.2 Å². The van der Waals surface area contributed by atoms with E-state index in [0.717, 1.165) is 16.9 Å². The van der Waals surface area contributed by atoms with Crippen LogP contribution in [0.5, 0.6) is 0 Å². The number of nitrogens with zero attached hydrogens (tertiary/aromatic N) is 2. The summed E-state index contributed by atoms with van der Waals surface area (Å²) in [6, 6.07) is 1.86. The first-order valence-corrected chi connectivity index (χ1v) is 4.86. The van der Waals surface area contributed by atoms with Crippen LogP contribution in [0.15, 0.2) is 18.5 Å². The van der Waals surface area contributed by atoms with Gasteiger partial charge in [0.1, 0.15) is 0 Å². The van der Waals surface area contributed by atoms with Crippen molar-refractivity contribution in [1.82, 2.24) is 9.38 Å². The minimum Gasteiger partial charge on any atom is -0.323 e. The molecule has 1 atom stereocenters. The molecule has 2 heterocycles. The highest BCUT2D eigenvalue weighted by atomic mass is 35.5. The molecule has 3 nitrogen and oxygen atoms in total. The molecule has 2 aromatic heterocycles. The van der Waals surface area contributed by atoms with Gasteiger partial charge in [-0.3, -0.25) is 0 Å². The van der Waals surface area contributed by atoms with Gasteiger partial charge in [-0.2, -0.15) is 0 Å². The number of aryl methyl sites for hydroxylation is 1. The molecule has 14 heavy (non-hydrogen) atoms. The van der Waals surface area contributed by atoms with Crippen LogP contribution in [0.25, 0.3) is 5.65 Å². The molecule has 0 aliphatic carbocycles. The lowest BCUT2D eigenvalue weighted by atomic mass is 10.2. The van der Waals surface area contributed by atoms with Gasteiger partial charge in [-0.1, -0.05) is 11.6 Å². The molecule has 2 N–H and O–H groups in total. The molecule has 0 spiro atoms. The summed E-state index contributed by atoms with van der Waals surface area (Å²) in [7, 11) is 0. The van der Waals surface area contributed by atoms with E-state index in [9.17, 15) is 0 Å². The maximum Gasteiger partial charge on any atom is 0.155 e. The Hall–Kier alpha value is -1.06. The highest BCUT2D eigenvalue weighted by molar-refractivity contribution is 6.33. The quantitative estimate of drug-likeness (QED) is 0.784. The Kier molecular flexibility index (Phi) is 2.21. The Labute approximate surface area is 87.5 Å². The Bertz CT molecular complexity index is 473. The molecule has 0 radical (unpaired) electrons. The van der Waals surface area contributed by atoms with Gasteiger partial charge in [-0.25, -0.2) is 4.98 Å². The first-order chi connectivity index (χ1) is 6.59. The molecule has 0 fully saturated rings. The van der Waals surface area contributed by atoms with Crippen LogP contribution in [0.3, 0.4) is 0 Å². The Balaban J connectivity index is 2.78.